The summed E-state index contributed by atoms with van der Waals surface area (Å²) in [5.74, 6) is 0.359. The van der Waals surface area contributed by atoms with E-state index in [9.17, 15) is 18.0 Å². The molecule has 1 saturated carbocycles. The number of anilines is 1. The molecule has 0 aromatic heterocycles. The van der Waals surface area contributed by atoms with Crippen molar-refractivity contribution < 1.29 is 22.7 Å². The van der Waals surface area contributed by atoms with E-state index in [2.05, 4.69) is 5.32 Å². The van der Waals surface area contributed by atoms with E-state index in [4.69, 9.17) is 16.3 Å². The number of sulfonamides is 1. The van der Waals surface area contributed by atoms with E-state index in [1.54, 1.807) is 42.5 Å². The second-order valence-electron chi connectivity index (χ2n) is 11.8. The number of benzene rings is 4. The van der Waals surface area contributed by atoms with Gasteiger partial charge in [0, 0.05) is 24.0 Å². The Hall–Kier alpha value is -4.34. The molecule has 47 heavy (non-hydrogen) atoms. The Balaban J connectivity index is 1.46. The van der Waals surface area contributed by atoms with Gasteiger partial charge in [-0.05, 0) is 66.4 Å². The van der Waals surface area contributed by atoms with Crippen molar-refractivity contribution in [1.29, 1.82) is 0 Å². The predicted octanol–water partition coefficient (Wildman–Crippen LogP) is 6.99. The molecule has 2 amide bonds. The molecule has 1 aliphatic rings. The van der Waals surface area contributed by atoms with Crippen molar-refractivity contribution in [2.75, 3.05) is 17.1 Å². The van der Waals surface area contributed by atoms with Crippen LogP contribution in [0.4, 0.5) is 5.69 Å². The highest BCUT2D eigenvalue weighted by Crippen LogP contribution is 2.27. The van der Waals surface area contributed by atoms with E-state index < -0.39 is 28.5 Å². The number of ether oxygens (including phenoxy) is 1. The fraction of sp³-hybridized carbons (Fsp3) is 0.297. The van der Waals surface area contributed by atoms with Crippen LogP contribution in [-0.2, 0) is 32.6 Å². The third-order valence-electron chi connectivity index (χ3n) is 8.30. The Bertz CT molecular complexity index is 1730. The fourth-order valence-electron chi connectivity index (χ4n) is 5.83. The van der Waals surface area contributed by atoms with Gasteiger partial charge in [-0.3, -0.25) is 13.9 Å². The van der Waals surface area contributed by atoms with E-state index in [-0.39, 0.29) is 24.9 Å². The molecular weight excluding hydrogens is 634 g/mol. The minimum atomic E-state index is -3.91. The molecule has 1 atom stereocenters. The second kappa shape index (κ2) is 16.0. The summed E-state index contributed by atoms with van der Waals surface area (Å²) in [7, 11) is -3.91. The van der Waals surface area contributed by atoms with Gasteiger partial charge in [0.1, 0.15) is 24.1 Å². The standard InChI is InChI=1S/C37H40ClN3O5S/c1-47(44,45)41(31-21-23-33(24-22-31)46-32-18-9-4-10-19-32)27-36(42)40(26-29-15-11-12-20-34(29)38)35(25-28-13-5-2-6-14-28)37(43)39-30-16-7-3-8-17-30/h2,4-6,9-15,18-24,30,35H,3,7-8,16-17,25-27H2,1H3,(H,39,43)/t35-/m0/s1. The zero-order valence-electron chi connectivity index (χ0n) is 26.4. The van der Waals surface area contributed by atoms with E-state index in [0.717, 1.165) is 48.2 Å². The van der Waals surface area contributed by atoms with Crippen LogP contribution in [-0.4, -0.2) is 50.0 Å². The van der Waals surface area contributed by atoms with Crippen LogP contribution >= 0.6 is 11.6 Å². The summed E-state index contributed by atoms with van der Waals surface area (Å²) < 4.78 is 33.2. The largest absolute Gasteiger partial charge is 0.457 e. The van der Waals surface area contributed by atoms with Gasteiger partial charge in [-0.1, -0.05) is 97.6 Å². The highest BCUT2D eigenvalue weighted by atomic mass is 35.5. The predicted molar refractivity (Wildman–Crippen MR) is 186 cm³/mol. The monoisotopic (exact) mass is 673 g/mol. The molecule has 5 rings (SSSR count). The van der Waals surface area contributed by atoms with E-state index in [1.165, 1.54) is 4.90 Å². The number of carbonyl (C=O) groups is 2. The van der Waals surface area contributed by atoms with Gasteiger partial charge in [0.2, 0.25) is 21.8 Å². The van der Waals surface area contributed by atoms with Crippen molar-refractivity contribution in [2.24, 2.45) is 0 Å². The van der Waals surface area contributed by atoms with Gasteiger partial charge in [0.25, 0.3) is 0 Å². The number of hydrogen-bond donors (Lipinski definition) is 1. The second-order valence-corrected chi connectivity index (χ2v) is 14.2. The quantitative estimate of drug-likeness (QED) is 0.165. The summed E-state index contributed by atoms with van der Waals surface area (Å²) in [4.78, 5) is 30.0. The summed E-state index contributed by atoms with van der Waals surface area (Å²) >= 11 is 6.56. The van der Waals surface area contributed by atoms with Gasteiger partial charge < -0.3 is 15.0 Å². The molecule has 4 aromatic rings. The average molecular weight is 674 g/mol. The highest BCUT2D eigenvalue weighted by molar-refractivity contribution is 7.92. The molecular formula is C37H40ClN3O5S. The smallest absolute Gasteiger partial charge is 0.244 e. The third kappa shape index (κ3) is 9.59. The molecule has 8 nitrogen and oxygen atoms in total. The molecule has 0 spiro atoms. The van der Waals surface area contributed by atoms with E-state index in [1.807, 2.05) is 66.7 Å². The number of para-hydroxylation sites is 1. The zero-order valence-corrected chi connectivity index (χ0v) is 28.0. The van der Waals surface area contributed by atoms with Gasteiger partial charge in [-0.25, -0.2) is 8.42 Å². The molecule has 0 saturated heterocycles. The first-order valence-corrected chi connectivity index (χ1v) is 18.1. The average Bonchev–Trinajstić information content (AvgIpc) is 3.07. The molecule has 4 aromatic carbocycles. The molecule has 10 heteroatoms. The number of nitrogens with one attached hydrogen (secondary N) is 1. The lowest BCUT2D eigenvalue weighted by atomic mass is 9.94. The molecule has 1 fully saturated rings. The Morgan fingerprint density at radius 3 is 2.06 bits per heavy atom. The summed E-state index contributed by atoms with van der Waals surface area (Å²) in [6.07, 6.45) is 6.29. The van der Waals surface area contributed by atoms with Crippen molar-refractivity contribution in [3.63, 3.8) is 0 Å². The van der Waals surface area contributed by atoms with Crippen LogP contribution in [0.5, 0.6) is 11.5 Å². The number of rotatable bonds is 13. The van der Waals surface area contributed by atoms with Gasteiger partial charge in [-0.2, -0.15) is 0 Å². The van der Waals surface area contributed by atoms with Gasteiger partial charge in [0.15, 0.2) is 0 Å². The Kier molecular flexibility index (Phi) is 11.6. The van der Waals surface area contributed by atoms with Gasteiger partial charge >= 0.3 is 0 Å². The fourth-order valence-corrected chi connectivity index (χ4v) is 6.87. The molecule has 0 unspecified atom stereocenters. The summed E-state index contributed by atoms with van der Waals surface area (Å²) in [5.41, 5.74) is 1.83. The number of hydrogen-bond acceptors (Lipinski definition) is 5. The molecule has 0 bridgehead atoms. The molecule has 1 N–H and O–H groups in total. The molecule has 0 heterocycles. The van der Waals surface area contributed by atoms with Crippen LogP contribution in [0.1, 0.15) is 43.2 Å². The number of carbonyl (C=O) groups excluding carboxylic acids is 2. The molecule has 246 valence electrons. The lowest BCUT2D eigenvalue weighted by Gasteiger charge is -2.35. The SMILES string of the molecule is CS(=O)(=O)N(CC(=O)N(Cc1ccccc1Cl)[C@@H](Cc1ccccc1)C(=O)NC1CCCCC1)c1ccc(Oc2ccccc2)cc1. The van der Waals surface area contributed by atoms with Crippen LogP contribution < -0.4 is 14.4 Å². The summed E-state index contributed by atoms with van der Waals surface area (Å²) in [6, 6.07) is 31.5. The third-order valence-corrected chi connectivity index (χ3v) is 9.81. The number of halogens is 1. The maximum absolute atomic E-state index is 14.4. The maximum atomic E-state index is 14.4. The first kappa shape index (κ1) is 34.0. The summed E-state index contributed by atoms with van der Waals surface area (Å²) in [6.45, 7) is -0.486. The maximum Gasteiger partial charge on any atom is 0.244 e. The van der Waals surface area contributed by atoms with Crippen molar-refractivity contribution in [2.45, 2.75) is 57.2 Å². The topological polar surface area (TPSA) is 96.0 Å². The zero-order chi connectivity index (χ0) is 33.2. The van der Waals surface area contributed by atoms with Crippen molar-refractivity contribution in [3.8, 4) is 11.5 Å². The van der Waals surface area contributed by atoms with Crippen molar-refractivity contribution >= 4 is 39.1 Å². The van der Waals surface area contributed by atoms with E-state index in [0.29, 0.717) is 27.8 Å². The minimum absolute atomic E-state index is 0.0234. The van der Waals surface area contributed by atoms with Gasteiger partial charge in [0.05, 0.1) is 11.9 Å². The highest BCUT2D eigenvalue weighted by Gasteiger charge is 2.34. The Labute approximate surface area is 282 Å². The van der Waals surface area contributed by atoms with Crippen LogP contribution in [0.15, 0.2) is 109 Å². The van der Waals surface area contributed by atoms with Crippen LogP contribution in [0.3, 0.4) is 0 Å². The first-order valence-electron chi connectivity index (χ1n) is 15.9. The minimum Gasteiger partial charge on any atom is -0.457 e. The first-order chi connectivity index (χ1) is 22.7. The molecule has 0 aliphatic heterocycles. The Morgan fingerprint density at radius 2 is 1.43 bits per heavy atom. The molecule has 1 aliphatic carbocycles. The normalized spacial score (nSPS) is 14.2. The lowest BCUT2D eigenvalue weighted by Crippen LogP contribution is -2.55. The van der Waals surface area contributed by atoms with Crippen molar-refractivity contribution in [1.82, 2.24) is 10.2 Å². The van der Waals surface area contributed by atoms with Crippen molar-refractivity contribution in [3.05, 3.63) is 125 Å². The number of nitrogens with zero attached hydrogens (tertiary/aromatic N) is 2. The summed E-state index contributed by atoms with van der Waals surface area (Å²) in [5, 5.41) is 3.65. The van der Waals surface area contributed by atoms with Crippen LogP contribution in [0.2, 0.25) is 5.02 Å². The van der Waals surface area contributed by atoms with Crippen LogP contribution in [0, 0.1) is 0 Å². The van der Waals surface area contributed by atoms with Crippen LogP contribution in [0.25, 0.3) is 0 Å². The van der Waals surface area contributed by atoms with Gasteiger partial charge in [-0.15, -0.1) is 0 Å². The molecule has 0 radical (unpaired) electrons. The lowest BCUT2D eigenvalue weighted by molar-refractivity contribution is -0.140. The van der Waals surface area contributed by atoms with E-state index >= 15 is 0 Å². The Morgan fingerprint density at radius 1 is 0.830 bits per heavy atom. The number of amides is 2.